The van der Waals surface area contributed by atoms with Crippen molar-refractivity contribution in [2.75, 3.05) is 11.9 Å². The summed E-state index contributed by atoms with van der Waals surface area (Å²) in [5.41, 5.74) is 4.21. The summed E-state index contributed by atoms with van der Waals surface area (Å²) in [5.74, 6) is -1.18. The molecule has 0 aromatic heterocycles. The molecule has 0 aliphatic carbocycles. The molecule has 0 atom stereocenters. The van der Waals surface area contributed by atoms with Crippen molar-refractivity contribution in [2.45, 2.75) is 0 Å². The molecule has 0 saturated heterocycles. The second-order valence-corrected chi connectivity index (χ2v) is 5.18. The van der Waals surface area contributed by atoms with Crippen LogP contribution in [0.5, 0.6) is 0 Å². The van der Waals surface area contributed by atoms with Crippen molar-refractivity contribution < 1.29 is 9.90 Å². The summed E-state index contributed by atoms with van der Waals surface area (Å²) in [6.07, 6.45) is 7.70. The van der Waals surface area contributed by atoms with E-state index in [0.717, 1.165) is 16.8 Å². The molecule has 0 fully saturated rings. The minimum Gasteiger partial charge on any atom is -0.545 e. The highest BCUT2D eigenvalue weighted by Gasteiger charge is 2.11. The van der Waals surface area contributed by atoms with Gasteiger partial charge in [-0.05, 0) is 41.5 Å². The molecule has 4 nitrogen and oxygen atoms in total. The van der Waals surface area contributed by atoms with E-state index in [0.29, 0.717) is 5.69 Å². The molecule has 3 rings (SSSR count). The number of rotatable bonds is 3. The number of anilines is 1. The molecule has 23 heavy (non-hydrogen) atoms. The van der Waals surface area contributed by atoms with Crippen LogP contribution in [0, 0.1) is 0 Å². The minimum atomic E-state index is -1.18. The highest BCUT2D eigenvalue weighted by Crippen LogP contribution is 2.31. The number of allylic oxidation sites excluding steroid dienone is 3. The van der Waals surface area contributed by atoms with Gasteiger partial charge in [0.05, 0.1) is 11.7 Å². The maximum atomic E-state index is 10.7. The second kappa shape index (κ2) is 6.32. The van der Waals surface area contributed by atoms with Gasteiger partial charge in [-0.1, -0.05) is 30.3 Å². The van der Waals surface area contributed by atoms with Gasteiger partial charge in [0.2, 0.25) is 0 Å². The Bertz CT molecular complexity index is 818. The van der Waals surface area contributed by atoms with Crippen molar-refractivity contribution in [3.63, 3.8) is 0 Å². The van der Waals surface area contributed by atoms with Crippen LogP contribution in [-0.2, 0) is 0 Å². The van der Waals surface area contributed by atoms with Gasteiger partial charge in [0, 0.05) is 30.7 Å². The average Bonchev–Trinajstić information content (AvgIpc) is 2.58. The molecule has 114 valence electrons. The number of aliphatic imine (C=N–C) groups is 1. The van der Waals surface area contributed by atoms with Gasteiger partial charge < -0.3 is 14.8 Å². The number of hydrogen-bond donors (Lipinski definition) is 0. The molecule has 1 aliphatic heterocycles. The smallest absolute Gasteiger partial charge is 0.0715 e. The van der Waals surface area contributed by atoms with E-state index in [1.54, 1.807) is 18.3 Å². The molecule has 4 heteroatoms. The number of benzene rings is 2. The molecule has 2 aromatic carbocycles. The van der Waals surface area contributed by atoms with Crippen molar-refractivity contribution >= 4 is 29.1 Å². The first-order chi connectivity index (χ1) is 11.1. The van der Waals surface area contributed by atoms with Gasteiger partial charge in [0.25, 0.3) is 0 Å². The highest BCUT2D eigenvalue weighted by atomic mass is 16.4. The lowest BCUT2D eigenvalue weighted by Crippen LogP contribution is -2.21. The fraction of sp³-hybridized carbons (Fsp3) is 0.0526. The van der Waals surface area contributed by atoms with Gasteiger partial charge in [-0.2, -0.15) is 0 Å². The molecule has 0 spiro atoms. The fourth-order valence-electron chi connectivity index (χ4n) is 2.42. The van der Waals surface area contributed by atoms with Crippen LogP contribution in [0.2, 0.25) is 0 Å². The first kappa shape index (κ1) is 14.8. The summed E-state index contributed by atoms with van der Waals surface area (Å²) in [4.78, 5) is 17.1. The predicted octanol–water partition coefficient (Wildman–Crippen LogP) is 2.80. The Morgan fingerprint density at radius 3 is 2.61 bits per heavy atom. The number of aromatic carboxylic acids is 1. The zero-order chi connectivity index (χ0) is 16.2. The zero-order valence-electron chi connectivity index (χ0n) is 12.6. The van der Waals surface area contributed by atoms with E-state index in [1.165, 1.54) is 12.1 Å². The van der Waals surface area contributed by atoms with Crippen LogP contribution in [0.15, 0.2) is 71.9 Å². The summed E-state index contributed by atoms with van der Waals surface area (Å²) in [5, 5.41) is 10.7. The number of carboxylic acid groups (broad SMARTS) is 1. The van der Waals surface area contributed by atoms with E-state index in [4.69, 9.17) is 0 Å². The van der Waals surface area contributed by atoms with E-state index < -0.39 is 5.97 Å². The summed E-state index contributed by atoms with van der Waals surface area (Å²) >= 11 is 0. The zero-order valence-corrected chi connectivity index (χ0v) is 12.6. The Balaban J connectivity index is 1.82. The van der Waals surface area contributed by atoms with Crippen LogP contribution >= 0.6 is 0 Å². The van der Waals surface area contributed by atoms with E-state index >= 15 is 0 Å². The first-order valence-electron chi connectivity index (χ1n) is 7.21. The fourth-order valence-corrected chi connectivity index (χ4v) is 2.42. The van der Waals surface area contributed by atoms with Crippen molar-refractivity contribution in [3.8, 4) is 0 Å². The molecule has 0 bridgehead atoms. The summed E-state index contributed by atoms with van der Waals surface area (Å²) in [6.45, 7) is 0. The highest BCUT2D eigenvalue weighted by molar-refractivity contribution is 5.94. The number of fused-ring (bicyclic) bond motifs is 1. The molecule has 1 heterocycles. The Hall–Kier alpha value is -3.14. The van der Waals surface area contributed by atoms with Gasteiger partial charge in [-0.3, -0.25) is 4.99 Å². The van der Waals surface area contributed by atoms with Crippen LogP contribution < -0.4 is 10.0 Å². The first-order valence-corrected chi connectivity index (χ1v) is 7.21. The Morgan fingerprint density at radius 1 is 1.13 bits per heavy atom. The van der Waals surface area contributed by atoms with Crippen LogP contribution in [0.1, 0.15) is 15.9 Å². The summed E-state index contributed by atoms with van der Waals surface area (Å²) in [7, 11) is 2.01. The van der Waals surface area contributed by atoms with E-state index in [9.17, 15) is 9.90 Å². The lowest BCUT2D eigenvalue weighted by molar-refractivity contribution is -0.255. The number of para-hydroxylation sites is 1. The average molecular weight is 303 g/mol. The monoisotopic (exact) mass is 303 g/mol. The number of carboxylic acids is 1. The Labute approximate surface area is 134 Å². The number of carbonyl (C=O) groups is 1. The number of nitrogens with zero attached hydrogens (tertiary/aromatic N) is 2. The van der Waals surface area contributed by atoms with Crippen molar-refractivity contribution in [1.82, 2.24) is 0 Å². The second-order valence-electron chi connectivity index (χ2n) is 5.18. The molecule has 0 amide bonds. The molecule has 2 aromatic rings. The molecule has 1 aliphatic rings. The van der Waals surface area contributed by atoms with Gasteiger partial charge in [0.1, 0.15) is 0 Å². The summed E-state index contributed by atoms with van der Waals surface area (Å²) < 4.78 is 0. The number of hydrogen-bond acceptors (Lipinski definition) is 4. The van der Waals surface area contributed by atoms with Gasteiger partial charge in [-0.15, -0.1) is 0 Å². The van der Waals surface area contributed by atoms with E-state index in [2.05, 4.69) is 22.0 Å². The Morgan fingerprint density at radius 2 is 1.87 bits per heavy atom. The third-order valence-corrected chi connectivity index (χ3v) is 3.65. The standard InChI is InChI=1S/C19H16N2O2/c1-21-13-11-14(17-4-2-3-5-18(17)21)10-12-20-16-8-6-15(7-9-16)19(22)23/h2-13H,1H3,(H,22,23)/p-1/b14-10+,20-12?. The minimum absolute atomic E-state index is 0.148. The van der Waals surface area contributed by atoms with Crippen LogP contribution in [0.4, 0.5) is 11.4 Å². The van der Waals surface area contributed by atoms with Crippen molar-refractivity contribution in [3.05, 3.63) is 78.0 Å². The quantitative estimate of drug-likeness (QED) is 0.819. The van der Waals surface area contributed by atoms with E-state index in [1.807, 2.05) is 37.5 Å². The van der Waals surface area contributed by atoms with Crippen molar-refractivity contribution in [1.29, 1.82) is 0 Å². The van der Waals surface area contributed by atoms with Crippen LogP contribution in [0.3, 0.4) is 0 Å². The predicted molar refractivity (Wildman–Crippen MR) is 90.9 cm³/mol. The van der Waals surface area contributed by atoms with Gasteiger partial charge in [0.15, 0.2) is 0 Å². The molecule has 0 saturated carbocycles. The molecular weight excluding hydrogens is 288 g/mol. The third-order valence-electron chi connectivity index (χ3n) is 3.65. The van der Waals surface area contributed by atoms with Gasteiger partial charge >= 0.3 is 0 Å². The summed E-state index contributed by atoms with van der Waals surface area (Å²) in [6, 6.07) is 14.4. The molecule has 0 radical (unpaired) electrons. The maximum Gasteiger partial charge on any atom is 0.0715 e. The third kappa shape index (κ3) is 3.21. The molecule has 0 unspecified atom stereocenters. The van der Waals surface area contributed by atoms with Crippen molar-refractivity contribution in [2.24, 2.45) is 4.99 Å². The SMILES string of the molecule is CN1C=C/C(=C\C=Nc2ccc(C(=O)[O-])cc2)c2ccccc21. The lowest BCUT2D eigenvalue weighted by Gasteiger charge is -2.23. The largest absolute Gasteiger partial charge is 0.545 e. The Kier molecular flexibility index (Phi) is 4.06. The normalized spacial score (nSPS) is 15.2. The van der Waals surface area contributed by atoms with Crippen LogP contribution in [0.25, 0.3) is 5.57 Å². The van der Waals surface area contributed by atoms with Crippen LogP contribution in [-0.4, -0.2) is 19.2 Å². The topological polar surface area (TPSA) is 55.7 Å². The van der Waals surface area contributed by atoms with E-state index in [-0.39, 0.29) is 5.56 Å². The maximum absolute atomic E-state index is 10.7. The van der Waals surface area contributed by atoms with Gasteiger partial charge in [-0.25, -0.2) is 0 Å². The number of carbonyl (C=O) groups excluding carboxylic acids is 1. The molecular formula is C19H15N2O2-. The molecule has 0 N–H and O–H groups in total. The lowest BCUT2D eigenvalue weighted by atomic mass is 10.0.